The van der Waals surface area contributed by atoms with Crippen LogP contribution in [0.5, 0.6) is 0 Å². The van der Waals surface area contributed by atoms with E-state index in [4.69, 9.17) is 5.11 Å². The van der Waals surface area contributed by atoms with Gasteiger partial charge in [-0.25, -0.2) is 4.98 Å². The average Bonchev–Trinajstić information content (AvgIpc) is 3.44. The number of hydrogen-bond acceptors (Lipinski definition) is 7. The molecule has 0 saturated carbocycles. The monoisotopic (exact) mass is 560 g/mol. The number of nitrogens with zero attached hydrogens (tertiary/aromatic N) is 4. The minimum atomic E-state index is -0.680. The molecule has 3 aromatic heterocycles. The highest BCUT2D eigenvalue weighted by Crippen LogP contribution is 2.29. The molecule has 0 unspecified atom stereocenters. The number of aliphatic hydroxyl groups excluding tert-OH is 1. The van der Waals surface area contributed by atoms with E-state index in [-0.39, 0.29) is 6.61 Å². The summed E-state index contributed by atoms with van der Waals surface area (Å²) in [6.07, 6.45) is 1.80. The largest absolute Gasteiger partial charge is 0.395 e. The van der Waals surface area contributed by atoms with Crippen molar-refractivity contribution in [3.8, 4) is 11.1 Å². The highest BCUT2D eigenvalue weighted by Gasteiger charge is 2.25. The minimum absolute atomic E-state index is 0.0585. The van der Waals surface area contributed by atoms with Crippen LogP contribution in [0.25, 0.3) is 16.6 Å². The zero-order valence-corrected chi connectivity index (χ0v) is 23.1. The maximum absolute atomic E-state index is 13.5. The molecule has 42 heavy (non-hydrogen) atoms. The first-order chi connectivity index (χ1) is 20.6. The molecule has 0 atom stereocenters. The van der Waals surface area contributed by atoms with Crippen LogP contribution in [0.4, 0.5) is 23.0 Å². The van der Waals surface area contributed by atoms with Crippen molar-refractivity contribution in [2.24, 2.45) is 0 Å². The summed E-state index contributed by atoms with van der Waals surface area (Å²) in [7, 11) is 0. The molecule has 212 valence electrons. The van der Waals surface area contributed by atoms with Crippen LogP contribution in [0.15, 0.2) is 103 Å². The van der Waals surface area contributed by atoms with Gasteiger partial charge in [0.1, 0.15) is 17.3 Å². The van der Waals surface area contributed by atoms with Gasteiger partial charge in [0, 0.05) is 61.4 Å². The fraction of sp³-hybridized carbons (Fsp3) is 0.182. The van der Waals surface area contributed by atoms with Gasteiger partial charge in [0.2, 0.25) is 0 Å². The van der Waals surface area contributed by atoms with Crippen LogP contribution in [0, 0.1) is 0 Å². The van der Waals surface area contributed by atoms with Gasteiger partial charge in [-0.05, 0) is 60.2 Å². The molecule has 0 bridgehead atoms. The Morgan fingerprint density at radius 2 is 1.55 bits per heavy atom. The van der Waals surface area contributed by atoms with E-state index in [2.05, 4.69) is 25.4 Å². The lowest BCUT2D eigenvalue weighted by molar-refractivity contribution is -0.112. The average molecular weight is 561 g/mol. The van der Waals surface area contributed by atoms with E-state index in [1.807, 2.05) is 97.1 Å². The Morgan fingerprint density at radius 3 is 2.31 bits per heavy atom. The number of carbonyl (C=O) groups is 2. The first-order valence-corrected chi connectivity index (χ1v) is 14.0. The van der Waals surface area contributed by atoms with E-state index in [9.17, 15) is 9.59 Å². The summed E-state index contributed by atoms with van der Waals surface area (Å²) in [4.78, 5) is 35.8. The van der Waals surface area contributed by atoms with Crippen LogP contribution < -0.4 is 20.4 Å². The molecule has 5 aromatic rings. The van der Waals surface area contributed by atoms with Crippen LogP contribution in [0.3, 0.4) is 0 Å². The standard InChI is InChI=1S/C33H32N6O3/c40-22-16-34-29-10-6-11-30(36-29)38-20-18-37(19-21-38)26-14-12-25(13-15-26)35-33(42)32(41)31-28(24-7-2-1-3-8-24)23-27-9-4-5-17-39(27)31/h1-15,17,23,40H,16,18-22H2,(H,34,36)(H,35,42). The number of anilines is 4. The Bertz CT molecular complexity index is 1690. The number of nitrogens with one attached hydrogen (secondary N) is 2. The second-order valence-corrected chi connectivity index (χ2v) is 10.1. The molecule has 2 aromatic carbocycles. The van der Waals surface area contributed by atoms with E-state index in [1.165, 1.54) is 0 Å². The summed E-state index contributed by atoms with van der Waals surface area (Å²) in [5, 5.41) is 15.0. The molecule has 1 saturated heterocycles. The van der Waals surface area contributed by atoms with Crippen LogP contribution >= 0.6 is 0 Å². The van der Waals surface area contributed by atoms with Crippen molar-refractivity contribution in [2.75, 3.05) is 59.8 Å². The Hall–Kier alpha value is -5.15. The normalized spacial score (nSPS) is 13.3. The molecule has 1 aliphatic rings. The van der Waals surface area contributed by atoms with E-state index >= 15 is 0 Å². The van der Waals surface area contributed by atoms with E-state index in [1.54, 1.807) is 10.6 Å². The minimum Gasteiger partial charge on any atom is -0.395 e. The van der Waals surface area contributed by atoms with Crippen molar-refractivity contribution in [2.45, 2.75) is 0 Å². The third kappa shape index (κ3) is 5.68. The van der Waals surface area contributed by atoms with E-state index < -0.39 is 11.7 Å². The molecule has 9 heteroatoms. The quantitative estimate of drug-likeness (QED) is 0.180. The first kappa shape index (κ1) is 27.0. The Balaban J connectivity index is 1.11. The highest BCUT2D eigenvalue weighted by molar-refractivity contribution is 6.47. The van der Waals surface area contributed by atoms with Gasteiger partial charge in [-0.3, -0.25) is 9.59 Å². The van der Waals surface area contributed by atoms with Crippen molar-refractivity contribution in [1.82, 2.24) is 9.38 Å². The van der Waals surface area contributed by atoms with Crippen molar-refractivity contribution in [1.29, 1.82) is 0 Å². The number of piperazine rings is 1. The molecule has 0 radical (unpaired) electrons. The molecule has 6 rings (SSSR count). The number of pyridine rings is 2. The van der Waals surface area contributed by atoms with Crippen LogP contribution in [-0.4, -0.2) is 65.5 Å². The molecule has 9 nitrogen and oxygen atoms in total. The SMILES string of the molecule is O=C(Nc1ccc(N2CCN(c3cccc(NCCO)n3)CC2)cc1)C(=O)c1c(-c2ccccc2)cc2ccccn12. The fourth-order valence-electron chi connectivity index (χ4n) is 5.32. The zero-order valence-electron chi connectivity index (χ0n) is 23.1. The topological polar surface area (TPSA) is 102 Å². The van der Waals surface area contributed by atoms with E-state index in [0.29, 0.717) is 17.9 Å². The predicted molar refractivity (Wildman–Crippen MR) is 166 cm³/mol. The van der Waals surface area contributed by atoms with Crippen molar-refractivity contribution >= 4 is 40.2 Å². The lowest BCUT2D eigenvalue weighted by atomic mass is 10.0. The first-order valence-electron chi connectivity index (χ1n) is 14.0. The Kier molecular flexibility index (Phi) is 7.83. The van der Waals surface area contributed by atoms with Gasteiger partial charge in [0.15, 0.2) is 0 Å². The van der Waals surface area contributed by atoms with Gasteiger partial charge < -0.3 is 29.9 Å². The summed E-state index contributed by atoms with van der Waals surface area (Å²) in [5.41, 5.74) is 4.40. The third-order valence-electron chi connectivity index (χ3n) is 7.43. The van der Waals surface area contributed by atoms with Crippen LogP contribution in [-0.2, 0) is 4.79 Å². The molecule has 0 spiro atoms. The van der Waals surface area contributed by atoms with Gasteiger partial charge in [0.05, 0.1) is 6.61 Å². The molecule has 1 fully saturated rings. The van der Waals surface area contributed by atoms with Gasteiger partial charge in [-0.1, -0.05) is 42.5 Å². The number of ketones is 1. The van der Waals surface area contributed by atoms with Crippen LogP contribution in [0.1, 0.15) is 10.5 Å². The molecule has 1 aliphatic heterocycles. The lowest BCUT2D eigenvalue weighted by Crippen LogP contribution is -2.46. The van der Waals surface area contributed by atoms with Crippen molar-refractivity contribution in [3.63, 3.8) is 0 Å². The summed E-state index contributed by atoms with van der Waals surface area (Å²) < 4.78 is 1.77. The number of benzene rings is 2. The summed E-state index contributed by atoms with van der Waals surface area (Å²) in [5.74, 6) is 0.387. The third-order valence-corrected chi connectivity index (χ3v) is 7.43. The lowest BCUT2D eigenvalue weighted by Gasteiger charge is -2.37. The molecular weight excluding hydrogens is 528 g/mol. The number of rotatable bonds is 9. The predicted octanol–water partition coefficient (Wildman–Crippen LogP) is 4.55. The van der Waals surface area contributed by atoms with Crippen LogP contribution in [0.2, 0.25) is 0 Å². The molecule has 3 N–H and O–H groups in total. The number of amides is 1. The smallest absolute Gasteiger partial charge is 0.298 e. The highest BCUT2D eigenvalue weighted by atomic mass is 16.3. The Labute approximate surface area is 244 Å². The molecule has 1 amide bonds. The number of carbonyl (C=O) groups excluding carboxylic acids is 2. The second kappa shape index (κ2) is 12.2. The zero-order chi connectivity index (χ0) is 28.9. The summed E-state index contributed by atoms with van der Waals surface area (Å²) in [6, 6.07) is 30.7. The van der Waals surface area contributed by atoms with Gasteiger partial charge in [-0.15, -0.1) is 0 Å². The fourth-order valence-corrected chi connectivity index (χ4v) is 5.32. The number of fused-ring (bicyclic) bond motifs is 1. The molecular formula is C33H32N6O3. The Morgan fingerprint density at radius 1 is 0.810 bits per heavy atom. The van der Waals surface area contributed by atoms with Gasteiger partial charge in [-0.2, -0.15) is 0 Å². The second-order valence-electron chi connectivity index (χ2n) is 10.1. The van der Waals surface area contributed by atoms with E-state index in [0.717, 1.165) is 60.1 Å². The summed E-state index contributed by atoms with van der Waals surface area (Å²) in [6.45, 7) is 3.81. The van der Waals surface area contributed by atoms with Gasteiger partial charge >= 0.3 is 0 Å². The number of hydrogen-bond donors (Lipinski definition) is 3. The maximum Gasteiger partial charge on any atom is 0.298 e. The van der Waals surface area contributed by atoms with Gasteiger partial charge in [0.25, 0.3) is 11.7 Å². The van der Waals surface area contributed by atoms with Crippen molar-refractivity contribution in [3.05, 3.63) is 109 Å². The van der Waals surface area contributed by atoms with Crippen molar-refractivity contribution < 1.29 is 14.7 Å². The molecule has 4 heterocycles. The summed E-state index contributed by atoms with van der Waals surface area (Å²) >= 11 is 0. The number of aliphatic hydroxyl groups is 1. The molecule has 0 aliphatic carbocycles. The number of Topliss-reactive ketones (excluding diaryl/α,β-unsaturated/α-hetero) is 1. The number of aromatic nitrogens is 2. The maximum atomic E-state index is 13.5.